The van der Waals surface area contributed by atoms with Crippen LogP contribution in [0.2, 0.25) is 0 Å². The lowest BCUT2D eigenvalue weighted by atomic mass is 10.1. The molecule has 0 atom stereocenters. The zero-order valence-electron chi connectivity index (χ0n) is 14.0. The third-order valence-electron chi connectivity index (χ3n) is 3.63. The Labute approximate surface area is 146 Å². The average molecular weight is 336 g/mol. The monoisotopic (exact) mass is 336 g/mol. The van der Waals surface area contributed by atoms with Gasteiger partial charge in [0.15, 0.2) is 0 Å². The quantitative estimate of drug-likeness (QED) is 0.693. The van der Waals surface area contributed by atoms with Crippen LogP contribution in [0.1, 0.15) is 27.5 Å². The molecule has 25 heavy (non-hydrogen) atoms. The SMILES string of the molecule is Cc1cc(C(=O)NCc2ccco2)nc(NCCc2ccccc2)n1. The molecule has 1 aromatic carbocycles. The van der Waals surface area contributed by atoms with Crippen molar-refractivity contribution < 1.29 is 9.21 Å². The summed E-state index contributed by atoms with van der Waals surface area (Å²) in [7, 11) is 0. The first-order valence-corrected chi connectivity index (χ1v) is 8.15. The fourth-order valence-corrected chi connectivity index (χ4v) is 2.40. The molecule has 0 spiro atoms. The Hall–Kier alpha value is -3.15. The Balaban J connectivity index is 1.58. The third kappa shape index (κ3) is 4.91. The van der Waals surface area contributed by atoms with E-state index < -0.39 is 0 Å². The summed E-state index contributed by atoms with van der Waals surface area (Å²) in [5, 5.41) is 5.97. The zero-order valence-corrected chi connectivity index (χ0v) is 14.0. The van der Waals surface area contributed by atoms with E-state index in [4.69, 9.17) is 4.42 Å². The molecule has 0 bridgehead atoms. The minimum atomic E-state index is -0.256. The normalized spacial score (nSPS) is 10.4. The van der Waals surface area contributed by atoms with Crippen molar-refractivity contribution in [3.8, 4) is 0 Å². The number of anilines is 1. The molecule has 0 radical (unpaired) electrons. The number of nitrogens with zero attached hydrogens (tertiary/aromatic N) is 2. The van der Waals surface area contributed by atoms with Gasteiger partial charge in [0.25, 0.3) is 5.91 Å². The molecular weight excluding hydrogens is 316 g/mol. The molecule has 3 aromatic rings. The van der Waals surface area contributed by atoms with Crippen molar-refractivity contribution in [1.29, 1.82) is 0 Å². The maximum absolute atomic E-state index is 12.3. The van der Waals surface area contributed by atoms with E-state index in [2.05, 4.69) is 32.7 Å². The average Bonchev–Trinajstić information content (AvgIpc) is 3.14. The van der Waals surface area contributed by atoms with Crippen LogP contribution in [0.3, 0.4) is 0 Å². The van der Waals surface area contributed by atoms with Gasteiger partial charge in [0.2, 0.25) is 5.95 Å². The lowest BCUT2D eigenvalue weighted by Crippen LogP contribution is -2.24. The highest BCUT2D eigenvalue weighted by Crippen LogP contribution is 2.07. The number of hydrogen-bond acceptors (Lipinski definition) is 5. The van der Waals surface area contributed by atoms with Crippen LogP contribution in [0.5, 0.6) is 0 Å². The lowest BCUT2D eigenvalue weighted by molar-refractivity contribution is 0.0943. The summed E-state index contributed by atoms with van der Waals surface area (Å²) in [6.07, 6.45) is 2.43. The summed E-state index contributed by atoms with van der Waals surface area (Å²) < 4.78 is 5.20. The maximum Gasteiger partial charge on any atom is 0.270 e. The highest BCUT2D eigenvalue weighted by Gasteiger charge is 2.11. The molecule has 0 aliphatic carbocycles. The zero-order chi connectivity index (χ0) is 17.5. The van der Waals surface area contributed by atoms with Crippen molar-refractivity contribution in [2.45, 2.75) is 19.9 Å². The predicted octanol–water partition coefficient (Wildman–Crippen LogP) is 2.96. The first-order valence-electron chi connectivity index (χ1n) is 8.15. The number of aromatic nitrogens is 2. The van der Waals surface area contributed by atoms with Gasteiger partial charge in [0, 0.05) is 12.2 Å². The summed E-state index contributed by atoms with van der Waals surface area (Å²) in [5.74, 6) is 0.896. The highest BCUT2D eigenvalue weighted by atomic mass is 16.3. The van der Waals surface area contributed by atoms with E-state index in [1.165, 1.54) is 5.56 Å². The molecule has 6 nitrogen and oxygen atoms in total. The van der Waals surface area contributed by atoms with Gasteiger partial charge in [-0.2, -0.15) is 0 Å². The second-order valence-corrected chi connectivity index (χ2v) is 5.64. The number of carbonyl (C=O) groups excluding carboxylic acids is 1. The summed E-state index contributed by atoms with van der Waals surface area (Å²) in [6, 6.07) is 15.4. The molecule has 0 saturated carbocycles. The van der Waals surface area contributed by atoms with Crippen LogP contribution in [0.25, 0.3) is 0 Å². The van der Waals surface area contributed by atoms with Gasteiger partial charge in [0.05, 0.1) is 12.8 Å². The standard InChI is InChI=1S/C19H20N4O2/c1-14-12-17(18(24)21-13-16-8-5-11-25-16)23-19(22-14)20-10-9-15-6-3-2-4-7-15/h2-8,11-12H,9-10,13H2,1H3,(H,21,24)(H,20,22,23). The van der Waals surface area contributed by atoms with Crippen molar-refractivity contribution in [2.75, 3.05) is 11.9 Å². The van der Waals surface area contributed by atoms with E-state index in [-0.39, 0.29) is 5.91 Å². The minimum Gasteiger partial charge on any atom is -0.467 e. The first-order chi connectivity index (χ1) is 12.2. The van der Waals surface area contributed by atoms with Crippen molar-refractivity contribution in [3.63, 3.8) is 0 Å². The third-order valence-corrected chi connectivity index (χ3v) is 3.63. The van der Waals surface area contributed by atoms with E-state index >= 15 is 0 Å². The van der Waals surface area contributed by atoms with Crippen molar-refractivity contribution >= 4 is 11.9 Å². The molecule has 6 heteroatoms. The maximum atomic E-state index is 12.3. The molecular formula is C19H20N4O2. The van der Waals surface area contributed by atoms with E-state index in [9.17, 15) is 4.79 Å². The van der Waals surface area contributed by atoms with E-state index in [1.807, 2.05) is 31.2 Å². The number of aryl methyl sites for hydroxylation is 1. The van der Waals surface area contributed by atoms with Gasteiger partial charge in [-0.05, 0) is 37.1 Å². The van der Waals surface area contributed by atoms with Crippen LogP contribution < -0.4 is 10.6 Å². The van der Waals surface area contributed by atoms with Crippen LogP contribution in [0, 0.1) is 6.92 Å². The molecule has 128 valence electrons. The number of nitrogens with one attached hydrogen (secondary N) is 2. The van der Waals surface area contributed by atoms with Crippen molar-refractivity contribution in [1.82, 2.24) is 15.3 Å². The largest absolute Gasteiger partial charge is 0.467 e. The number of furan rings is 1. The highest BCUT2D eigenvalue weighted by molar-refractivity contribution is 5.92. The molecule has 2 aromatic heterocycles. The summed E-state index contributed by atoms with van der Waals surface area (Å²) in [6.45, 7) is 2.86. The van der Waals surface area contributed by atoms with Gasteiger partial charge in [-0.3, -0.25) is 4.79 Å². The van der Waals surface area contributed by atoms with Crippen molar-refractivity contribution in [3.05, 3.63) is 77.5 Å². The Morgan fingerprint density at radius 3 is 2.72 bits per heavy atom. The molecule has 3 rings (SSSR count). The number of rotatable bonds is 7. The van der Waals surface area contributed by atoms with Crippen LogP contribution in [0.15, 0.2) is 59.2 Å². The second-order valence-electron chi connectivity index (χ2n) is 5.64. The summed E-state index contributed by atoms with van der Waals surface area (Å²) in [4.78, 5) is 20.9. The number of carbonyl (C=O) groups is 1. The molecule has 1 amide bonds. The molecule has 0 fully saturated rings. The number of hydrogen-bond donors (Lipinski definition) is 2. The van der Waals surface area contributed by atoms with Gasteiger partial charge >= 0.3 is 0 Å². The molecule has 0 aliphatic heterocycles. The summed E-state index contributed by atoms with van der Waals surface area (Å²) >= 11 is 0. The van der Waals surface area contributed by atoms with Gasteiger partial charge in [-0.15, -0.1) is 0 Å². The second kappa shape index (κ2) is 8.10. The molecule has 0 saturated heterocycles. The van der Waals surface area contributed by atoms with Crippen LogP contribution in [0.4, 0.5) is 5.95 Å². The van der Waals surface area contributed by atoms with E-state index in [1.54, 1.807) is 18.4 Å². The van der Waals surface area contributed by atoms with Crippen LogP contribution in [-0.2, 0) is 13.0 Å². The topological polar surface area (TPSA) is 80.0 Å². The van der Waals surface area contributed by atoms with Crippen LogP contribution >= 0.6 is 0 Å². The Morgan fingerprint density at radius 1 is 1.12 bits per heavy atom. The Kier molecular flexibility index (Phi) is 5.41. The van der Waals surface area contributed by atoms with E-state index in [0.29, 0.717) is 30.5 Å². The fourth-order valence-electron chi connectivity index (χ4n) is 2.40. The van der Waals surface area contributed by atoms with Crippen LogP contribution in [-0.4, -0.2) is 22.4 Å². The molecule has 2 N–H and O–H groups in total. The van der Waals surface area contributed by atoms with Gasteiger partial charge in [0.1, 0.15) is 11.5 Å². The lowest BCUT2D eigenvalue weighted by Gasteiger charge is -2.08. The fraction of sp³-hybridized carbons (Fsp3) is 0.211. The number of amides is 1. The first kappa shape index (κ1) is 16.7. The number of benzene rings is 1. The molecule has 0 unspecified atom stereocenters. The van der Waals surface area contributed by atoms with Gasteiger partial charge in [-0.1, -0.05) is 30.3 Å². The molecule has 2 heterocycles. The smallest absolute Gasteiger partial charge is 0.270 e. The van der Waals surface area contributed by atoms with Gasteiger partial charge < -0.3 is 15.1 Å². The summed E-state index contributed by atoms with van der Waals surface area (Å²) in [5.41, 5.74) is 2.31. The minimum absolute atomic E-state index is 0.256. The van der Waals surface area contributed by atoms with Gasteiger partial charge in [-0.25, -0.2) is 9.97 Å². The Bertz CT molecular complexity index is 817. The predicted molar refractivity (Wildman–Crippen MR) is 95.3 cm³/mol. The van der Waals surface area contributed by atoms with Crippen molar-refractivity contribution in [2.24, 2.45) is 0 Å². The molecule has 0 aliphatic rings. The Morgan fingerprint density at radius 2 is 1.96 bits per heavy atom. The van der Waals surface area contributed by atoms with E-state index in [0.717, 1.165) is 12.1 Å².